The lowest BCUT2D eigenvalue weighted by molar-refractivity contribution is -0.116. The van der Waals surface area contributed by atoms with Crippen molar-refractivity contribution >= 4 is 11.6 Å². The van der Waals surface area contributed by atoms with E-state index < -0.39 is 0 Å². The first-order valence-electron chi connectivity index (χ1n) is 6.09. The molecule has 4 nitrogen and oxygen atoms in total. The Morgan fingerprint density at radius 3 is 2.89 bits per heavy atom. The van der Waals surface area contributed by atoms with Crippen molar-refractivity contribution in [1.29, 1.82) is 0 Å². The van der Waals surface area contributed by atoms with E-state index in [0.29, 0.717) is 18.7 Å². The fourth-order valence-corrected chi connectivity index (χ4v) is 1.87. The van der Waals surface area contributed by atoms with Gasteiger partial charge in [-0.3, -0.25) is 9.69 Å². The first-order valence-corrected chi connectivity index (χ1v) is 6.09. The molecule has 0 saturated carbocycles. The van der Waals surface area contributed by atoms with Crippen molar-refractivity contribution in [3.05, 3.63) is 30.1 Å². The van der Waals surface area contributed by atoms with E-state index in [1.165, 1.54) is 12.1 Å². The van der Waals surface area contributed by atoms with Gasteiger partial charge in [0.1, 0.15) is 5.82 Å². The molecule has 1 heterocycles. The maximum absolute atomic E-state index is 12.9. The predicted octanol–water partition coefficient (Wildman–Crippen LogP) is 1.49. The molecule has 0 atom stereocenters. The summed E-state index contributed by atoms with van der Waals surface area (Å²) in [7, 11) is 0. The van der Waals surface area contributed by atoms with Gasteiger partial charge < -0.3 is 10.1 Å². The number of carbonyl (C=O) groups excluding carboxylic acids is 1. The second kappa shape index (κ2) is 6.47. The molecule has 0 unspecified atom stereocenters. The number of morpholine rings is 1. The first kappa shape index (κ1) is 13.0. The Hall–Kier alpha value is -1.46. The van der Waals surface area contributed by atoms with Crippen molar-refractivity contribution in [2.24, 2.45) is 0 Å². The SMILES string of the molecule is O=C(CCN1CCOCC1)Nc1cccc(F)c1. The van der Waals surface area contributed by atoms with Crippen molar-refractivity contribution in [2.45, 2.75) is 6.42 Å². The zero-order chi connectivity index (χ0) is 12.8. The Morgan fingerprint density at radius 1 is 1.39 bits per heavy atom. The van der Waals surface area contributed by atoms with Gasteiger partial charge in [-0.2, -0.15) is 0 Å². The molecule has 1 amide bonds. The summed E-state index contributed by atoms with van der Waals surface area (Å²) in [5.74, 6) is -0.437. The fourth-order valence-electron chi connectivity index (χ4n) is 1.87. The highest BCUT2D eigenvalue weighted by Gasteiger charge is 2.11. The smallest absolute Gasteiger partial charge is 0.225 e. The van der Waals surface area contributed by atoms with Gasteiger partial charge in [0.25, 0.3) is 0 Å². The van der Waals surface area contributed by atoms with Crippen molar-refractivity contribution in [3.63, 3.8) is 0 Å². The normalized spacial score (nSPS) is 16.5. The van der Waals surface area contributed by atoms with Crippen LogP contribution in [0.4, 0.5) is 10.1 Å². The van der Waals surface area contributed by atoms with E-state index in [2.05, 4.69) is 10.2 Å². The Bertz CT molecular complexity index is 406. The maximum atomic E-state index is 12.9. The number of amides is 1. The van der Waals surface area contributed by atoms with Gasteiger partial charge in [0.15, 0.2) is 0 Å². The molecule has 0 aliphatic carbocycles. The number of ether oxygens (including phenoxy) is 1. The molecule has 1 saturated heterocycles. The summed E-state index contributed by atoms with van der Waals surface area (Å²) < 4.78 is 18.2. The molecule has 1 fully saturated rings. The zero-order valence-electron chi connectivity index (χ0n) is 10.2. The van der Waals surface area contributed by atoms with Gasteiger partial charge in [-0.15, -0.1) is 0 Å². The predicted molar refractivity (Wildman–Crippen MR) is 66.9 cm³/mol. The molecular weight excluding hydrogens is 235 g/mol. The van der Waals surface area contributed by atoms with Crippen LogP contribution >= 0.6 is 0 Å². The highest BCUT2D eigenvalue weighted by molar-refractivity contribution is 5.90. The lowest BCUT2D eigenvalue weighted by atomic mass is 10.3. The van der Waals surface area contributed by atoms with Crippen LogP contribution in [0.3, 0.4) is 0 Å². The number of nitrogens with zero attached hydrogens (tertiary/aromatic N) is 1. The average molecular weight is 252 g/mol. The lowest BCUT2D eigenvalue weighted by Crippen LogP contribution is -2.38. The molecule has 1 aliphatic heterocycles. The Balaban J connectivity index is 1.74. The Labute approximate surface area is 106 Å². The van der Waals surface area contributed by atoms with Crippen LogP contribution in [-0.4, -0.2) is 43.7 Å². The van der Waals surface area contributed by atoms with E-state index in [1.807, 2.05) is 0 Å². The summed E-state index contributed by atoms with van der Waals surface area (Å²) in [5.41, 5.74) is 0.502. The van der Waals surface area contributed by atoms with Crippen LogP contribution in [0.2, 0.25) is 0 Å². The van der Waals surface area contributed by atoms with E-state index in [0.717, 1.165) is 26.3 Å². The second-order valence-corrected chi connectivity index (χ2v) is 4.26. The standard InChI is InChI=1S/C13H17FN2O2/c14-11-2-1-3-12(10-11)15-13(17)4-5-16-6-8-18-9-7-16/h1-3,10H,4-9H2,(H,15,17). The maximum Gasteiger partial charge on any atom is 0.225 e. The quantitative estimate of drug-likeness (QED) is 0.882. The topological polar surface area (TPSA) is 41.6 Å². The molecule has 1 N–H and O–H groups in total. The van der Waals surface area contributed by atoms with Gasteiger partial charge in [0.05, 0.1) is 13.2 Å². The molecule has 1 aromatic rings. The zero-order valence-corrected chi connectivity index (χ0v) is 10.2. The number of halogens is 1. The first-order chi connectivity index (χ1) is 8.74. The van der Waals surface area contributed by atoms with E-state index in [9.17, 15) is 9.18 Å². The summed E-state index contributed by atoms with van der Waals surface area (Å²) in [4.78, 5) is 13.9. The number of anilines is 1. The number of benzene rings is 1. The van der Waals surface area contributed by atoms with Gasteiger partial charge in [0.2, 0.25) is 5.91 Å². The van der Waals surface area contributed by atoms with Gasteiger partial charge >= 0.3 is 0 Å². The molecule has 1 aliphatic rings. The number of nitrogens with one attached hydrogen (secondary N) is 1. The van der Waals surface area contributed by atoms with Crippen molar-refractivity contribution in [3.8, 4) is 0 Å². The van der Waals surface area contributed by atoms with Gasteiger partial charge in [-0.05, 0) is 18.2 Å². The minimum atomic E-state index is -0.346. The summed E-state index contributed by atoms with van der Waals surface area (Å²) >= 11 is 0. The minimum absolute atomic E-state index is 0.0907. The number of carbonyl (C=O) groups is 1. The van der Waals surface area contributed by atoms with Crippen LogP contribution in [0, 0.1) is 5.82 Å². The largest absolute Gasteiger partial charge is 0.379 e. The highest BCUT2D eigenvalue weighted by atomic mass is 19.1. The van der Waals surface area contributed by atoms with Crippen LogP contribution in [0.15, 0.2) is 24.3 Å². The molecule has 98 valence electrons. The van der Waals surface area contributed by atoms with E-state index in [4.69, 9.17) is 4.74 Å². The van der Waals surface area contributed by atoms with Crippen LogP contribution in [0.1, 0.15) is 6.42 Å². The minimum Gasteiger partial charge on any atom is -0.379 e. The Morgan fingerprint density at radius 2 is 2.17 bits per heavy atom. The molecule has 0 spiro atoms. The van der Waals surface area contributed by atoms with Gasteiger partial charge in [-0.1, -0.05) is 6.07 Å². The summed E-state index contributed by atoms with van der Waals surface area (Å²) in [6, 6.07) is 5.92. The molecule has 5 heteroatoms. The van der Waals surface area contributed by atoms with Crippen molar-refractivity contribution in [2.75, 3.05) is 38.2 Å². The van der Waals surface area contributed by atoms with E-state index in [-0.39, 0.29) is 11.7 Å². The van der Waals surface area contributed by atoms with Gasteiger partial charge in [0, 0.05) is 31.7 Å². The molecule has 18 heavy (non-hydrogen) atoms. The lowest BCUT2D eigenvalue weighted by Gasteiger charge is -2.26. The summed E-state index contributed by atoms with van der Waals surface area (Å²) in [6.45, 7) is 3.90. The van der Waals surface area contributed by atoms with Crippen LogP contribution in [-0.2, 0) is 9.53 Å². The Kier molecular flexibility index (Phi) is 4.66. The molecule has 0 bridgehead atoms. The van der Waals surface area contributed by atoms with Crippen LogP contribution in [0.25, 0.3) is 0 Å². The second-order valence-electron chi connectivity index (χ2n) is 4.26. The highest BCUT2D eigenvalue weighted by Crippen LogP contribution is 2.09. The third-order valence-corrected chi connectivity index (χ3v) is 2.87. The summed E-state index contributed by atoms with van der Waals surface area (Å²) in [6.07, 6.45) is 0.413. The van der Waals surface area contributed by atoms with Crippen LogP contribution < -0.4 is 5.32 Å². The van der Waals surface area contributed by atoms with E-state index >= 15 is 0 Å². The molecule has 2 rings (SSSR count). The third kappa shape index (κ3) is 4.09. The molecular formula is C13H17FN2O2. The van der Waals surface area contributed by atoms with Gasteiger partial charge in [-0.25, -0.2) is 4.39 Å². The fraction of sp³-hybridized carbons (Fsp3) is 0.462. The summed E-state index contributed by atoms with van der Waals surface area (Å²) in [5, 5.41) is 2.69. The molecule has 0 aromatic heterocycles. The van der Waals surface area contributed by atoms with Crippen molar-refractivity contribution in [1.82, 2.24) is 4.90 Å². The monoisotopic (exact) mass is 252 g/mol. The van der Waals surface area contributed by atoms with E-state index in [1.54, 1.807) is 12.1 Å². The average Bonchev–Trinajstić information content (AvgIpc) is 2.38. The van der Waals surface area contributed by atoms with Crippen LogP contribution in [0.5, 0.6) is 0 Å². The van der Waals surface area contributed by atoms with Crippen molar-refractivity contribution < 1.29 is 13.9 Å². The number of rotatable bonds is 4. The third-order valence-electron chi connectivity index (χ3n) is 2.87. The number of hydrogen-bond donors (Lipinski definition) is 1. The molecule has 0 radical (unpaired) electrons. The molecule has 1 aromatic carbocycles. The number of hydrogen-bond acceptors (Lipinski definition) is 3.